The van der Waals surface area contributed by atoms with Crippen LogP contribution < -0.4 is 10.6 Å². The second-order valence-electron chi connectivity index (χ2n) is 4.92. The molecule has 6 heteroatoms. The monoisotopic (exact) mass is 288 g/mol. The summed E-state index contributed by atoms with van der Waals surface area (Å²) in [5.74, 6) is 0.444. The lowest BCUT2D eigenvalue weighted by Crippen LogP contribution is -2.24. The lowest BCUT2D eigenvalue weighted by Gasteiger charge is -2.11. The van der Waals surface area contributed by atoms with Crippen molar-refractivity contribution >= 4 is 11.6 Å². The number of hydrogen-bond donors (Lipinski definition) is 2. The molecule has 0 aromatic carbocycles. The smallest absolute Gasteiger partial charge is 0.255 e. The van der Waals surface area contributed by atoms with Gasteiger partial charge >= 0.3 is 0 Å². The van der Waals surface area contributed by atoms with Crippen LogP contribution in [0.1, 0.15) is 40.9 Å². The van der Waals surface area contributed by atoms with Crippen molar-refractivity contribution in [3.05, 3.63) is 41.0 Å². The maximum absolute atomic E-state index is 12.3. The number of aryl methyl sites for hydroxylation is 2. The third-order valence-electron chi connectivity index (χ3n) is 2.95. The molecule has 0 spiro atoms. The van der Waals surface area contributed by atoms with Gasteiger partial charge in [-0.15, -0.1) is 0 Å². The van der Waals surface area contributed by atoms with E-state index in [2.05, 4.69) is 27.7 Å². The molecule has 0 fully saturated rings. The van der Waals surface area contributed by atoms with Crippen LogP contribution in [-0.4, -0.2) is 22.6 Å². The van der Waals surface area contributed by atoms with E-state index in [1.165, 1.54) is 0 Å². The maximum atomic E-state index is 12.3. The van der Waals surface area contributed by atoms with Crippen LogP contribution in [-0.2, 0) is 6.54 Å². The summed E-state index contributed by atoms with van der Waals surface area (Å²) < 4.78 is 5.07. The molecule has 0 atom stereocenters. The number of nitrogens with zero attached hydrogens (tertiary/aromatic N) is 2. The molecule has 2 N–H and O–H groups in total. The number of pyridine rings is 1. The predicted molar refractivity (Wildman–Crippen MR) is 80.2 cm³/mol. The molecule has 0 saturated carbocycles. The topological polar surface area (TPSA) is 80.0 Å². The Morgan fingerprint density at radius 1 is 1.29 bits per heavy atom. The molecular formula is C15H20N4O2. The number of rotatable bonds is 6. The molecule has 0 unspecified atom stereocenters. The SMILES string of the molecule is CCCNc1cc(C)ncc1C(=O)NCc1cc(C)no1. The molecule has 0 radical (unpaired) electrons. The summed E-state index contributed by atoms with van der Waals surface area (Å²) in [5.41, 5.74) is 3.00. The summed E-state index contributed by atoms with van der Waals surface area (Å²) in [4.78, 5) is 16.5. The van der Waals surface area contributed by atoms with Crippen molar-refractivity contribution in [2.24, 2.45) is 0 Å². The Kier molecular flexibility index (Phi) is 4.92. The highest BCUT2D eigenvalue weighted by atomic mass is 16.5. The number of carbonyl (C=O) groups is 1. The Balaban J connectivity index is 2.07. The van der Waals surface area contributed by atoms with Gasteiger partial charge in [-0.25, -0.2) is 0 Å². The van der Waals surface area contributed by atoms with Crippen LogP contribution >= 0.6 is 0 Å². The number of anilines is 1. The van der Waals surface area contributed by atoms with E-state index >= 15 is 0 Å². The van der Waals surface area contributed by atoms with E-state index in [-0.39, 0.29) is 5.91 Å². The average molecular weight is 288 g/mol. The molecule has 0 saturated heterocycles. The summed E-state index contributed by atoms with van der Waals surface area (Å²) in [6, 6.07) is 3.67. The predicted octanol–water partition coefficient (Wildman–Crippen LogP) is 2.44. The Hall–Kier alpha value is -2.37. The van der Waals surface area contributed by atoms with Crippen LogP contribution in [0.3, 0.4) is 0 Å². The van der Waals surface area contributed by atoms with Gasteiger partial charge in [-0.3, -0.25) is 9.78 Å². The quantitative estimate of drug-likeness (QED) is 0.853. The Morgan fingerprint density at radius 2 is 2.10 bits per heavy atom. The van der Waals surface area contributed by atoms with E-state index in [9.17, 15) is 4.79 Å². The zero-order valence-electron chi connectivity index (χ0n) is 12.6. The first-order chi connectivity index (χ1) is 10.1. The summed E-state index contributed by atoms with van der Waals surface area (Å²) in [6.45, 7) is 6.93. The van der Waals surface area contributed by atoms with Crippen molar-refractivity contribution in [3.8, 4) is 0 Å². The summed E-state index contributed by atoms with van der Waals surface area (Å²) in [6.07, 6.45) is 2.58. The molecule has 2 aromatic heterocycles. The number of carbonyl (C=O) groups excluding carboxylic acids is 1. The Morgan fingerprint density at radius 3 is 2.76 bits per heavy atom. The van der Waals surface area contributed by atoms with E-state index in [0.717, 1.165) is 30.0 Å². The van der Waals surface area contributed by atoms with E-state index in [0.29, 0.717) is 17.9 Å². The molecule has 0 aliphatic rings. The Bertz CT molecular complexity index is 622. The molecule has 112 valence electrons. The second kappa shape index (κ2) is 6.88. The zero-order chi connectivity index (χ0) is 15.2. The van der Waals surface area contributed by atoms with E-state index in [4.69, 9.17) is 4.52 Å². The minimum Gasteiger partial charge on any atom is -0.384 e. The van der Waals surface area contributed by atoms with Gasteiger partial charge in [-0.2, -0.15) is 0 Å². The van der Waals surface area contributed by atoms with Gasteiger partial charge in [0, 0.05) is 24.5 Å². The first kappa shape index (κ1) is 15.0. The van der Waals surface area contributed by atoms with Crippen molar-refractivity contribution in [1.29, 1.82) is 0 Å². The van der Waals surface area contributed by atoms with Gasteiger partial charge in [0.1, 0.15) is 0 Å². The van der Waals surface area contributed by atoms with E-state index in [1.807, 2.05) is 19.9 Å². The molecule has 2 heterocycles. The van der Waals surface area contributed by atoms with Crippen LogP contribution in [0.5, 0.6) is 0 Å². The zero-order valence-corrected chi connectivity index (χ0v) is 12.6. The largest absolute Gasteiger partial charge is 0.384 e. The highest BCUT2D eigenvalue weighted by Gasteiger charge is 2.13. The van der Waals surface area contributed by atoms with Gasteiger partial charge in [-0.05, 0) is 26.3 Å². The van der Waals surface area contributed by atoms with Gasteiger partial charge in [0.2, 0.25) is 0 Å². The molecule has 0 aliphatic heterocycles. The fourth-order valence-electron chi connectivity index (χ4n) is 1.91. The molecule has 6 nitrogen and oxygen atoms in total. The number of hydrogen-bond acceptors (Lipinski definition) is 5. The summed E-state index contributed by atoms with van der Waals surface area (Å²) in [5, 5.41) is 9.85. The van der Waals surface area contributed by atoms with Crippen LogP contribution in [0.15, 0.2) is 22.9 Å². The highest BCUT2D eigenvalue weighted by molar-refractivity contribution is 5.99. The number of nitrogens with one attached hydrogen (secondary N) is 2. The molecule has 1 amide bonds. The summed E-state index contributed by atoms with van der Waals surface area (Å²) >= 11 is 0. The maximum Gasteiger partial charge on any atom is 0.255 e. The standard InChI is InChI=1S/C15H20N4O2/c1-4-5-16-14-7-10(2)17-9-13(14)15(20)18-8-12-6-11(3)19-21-12/h6-7,9H,4-5,8H2,1-3H3,(H,16,17)(H,18,20). The molecule has 0 bridgehead atoms. The minimum atomic E-state index is -0.185. The normalized spacial score (nSPS) is 10.4. The fraction of sp³-hybridized carbons (Fsp3) is 0.400. The van der Waals surface area contributed by atoms with Crippen molar-refractivity contribution in [2.45, 2.75) is 33.7 Å². The molecule has 21 heavy (non-hydrogen) atoms. The molecule has 2 rings (SSSR count). The van der Waals surface area contributed by atoms with Crippen LogP contribution in [0.25, 0.3) is 0 Å². The lowest BCUT2D eigenvalue weighted by atomic mass is 10.2. The first-order valence-corrected chi connectivity index (χ1v) is 7.01. The first-order valence-electron chi connectivity index (χ1n) is 7.01. The van der Waals surface area contributed by atoms with Gasteiger partial charge < -0.3 is 15.2 Å². The second-order valence-corrected chi connectivity index (χ2v) is 4.92. The van der Waals surface area contributed by atoms with Crippen LogP contribution in [0.2, 0.25) is 0 Å². The Labute approximate surface area is 123 Å². The van der Waals surface area contributed by atoms with Crippen LogP contribution in [0, 0.1) is 13.8 Å². The van der Waals surface area contributed by atoms with E-state index in [1.54, 1.807) is 12.3 Å². The van der Waals surface area contributed by atoms with Crippen molar-refractivity contribution in [1.82, 2.24) is 15.5 Å². The number of aromatic nitrogens is 2. The third-order valence-corrected chi connectivity index (χ3v) is 2.95. The third kappa shape index (κ3) is 4.05. The highest BCUT2D eigenvalue weighted by Crippen LogP contribution is 2.16. The molecule has 0 aliphatic carbocycles. The fourth-order valence-corrected chi connectivity index (χ4v) is 1.91. The van der Waals surface area contributed by atoms with Gasteiger partial charge in [0.15, 0.2) is 5.76 Å². The van der Waals surface area contributed by atoms with Crippen molar-refractivity contribution < 1.29 is 9.32 Å². The summed E-state index contributed by atoms with van der Waals surface area (Å²) in [7, 11) is 0. The number of amides is 1. The van der Waals surface area contributed by atoms with Crippen molar-refractivity contribution in [3.63, 3.8) is 0 Å². The molecular weight excluding hydrogens is 268 g/mol. The van der Waals surface area contributed by atoms with Gasteiger partial charge in [0.05, 0.1) is 23.5 Å². The van der Waals surface area contributed by atoms with Crippen LogP contribution in [0.4, 0.5) is 5.69 Å². The van der Waals surface area contributed by atoms with Crippen molar-refractivity contribution in [2.75, 3.05) is 11.9 Å². The van der Waals surface area contributed by atoms with E-state index < -0.39 is 0 Å². The average Bonchev–Trinajstić information content (AvgIpc) is 2.88. The van der Waals surface area contributed by atoms with Gasteiger partial charge in [0.25, 0.3) is 5.91 Å². The van der Waals surface area contributed by atoms with Gasteiger partial charge in [-0.1, -0.05) is 12.1 Å². The minimum absolute atomic E-state index is 0.185. The molecule has 2 aromatic rings. The lowest BCUT2D eigenvalue weighted by molar-refractivity contribution is 0.0947.